The molecule has 3 aromatic rings. The highest BCUT2D eigenvalue weighted by Crippen LogP contribution is 2.29. The highest BCUT2D eigenvalue weighted by atomic mass is 32.2. The molecule has 7 heteroatoms. The molecule has 1 aromatic heterocycles. The number of benzene rings is 2. The number of nitrogens with zero attached hydrogens (tertiary/aromatic N) is 1. The average molecular weight is 478 g/mol. The standard InChI is InChI=1S/C27H31N3O3S/c31-27(29-18-22-7-6-16-28-17-22)30-25-14-12-21(13-15-25)19-34(32,33)20-24-10-4-5-11-26(24)23-8-2-1-3-9-23/h1-11,16-17,21,25H,12-15,18-20H2,(H2,29,30,31). The first kappa shape index (κ1) is 24.0. The highest BCUT2D eigenvalue weighted by Gasteiger charge is 2.27. The third kappa shape index (κ3) is 6.90. The molecule has 0 unspecified atom stereocenters. The van der Waals surface area contributed by atoms with Gasteiger partial charge in [0.25, 0.3) is 0 Å². The van der Waals surface area contributed by atoms with Crippen molar-refractivity contribution in [3.8, 4) is 11.1 Å². The molecule has 0 radical (unpaired) electrons. The monoisotopic (exact) mass is 477 g/mol. The van der Waals surface area contributed by atoms with Crippen LogP contribution in [0.1, 0.15) is 36.8 Å². The Labute approximate surface area is 201 Å². The SMILES string of the molecule is O=C(NCc1cccnc1)NC1CCC(CS(=O)(=O)Cc2ccccc2-c2ccccc2)CC1. The van der Waals surface area contributed by atoms with Crippen molar-refractivity contribution in [1.29, 1.82) is 0 Å². The number of carbonyl (C=O) groups excluding carboxylic acids is 1. The van der Waals surface area contributed by atoms with Gasteiger partial charge in [0.1, 0.15) is 0 Å². The van der Waals surface area contributed by atoms with Gasteiger partial charge < -0.3 is 10.6 Å². The molecule has 2 N–H and O–H groups in total. The predicted octanol–water partition coefficient (Wildman–Crippen LogP) is 4.72. The summed E-state index contributed by atoms with van der Waals surface area (Å²) in [5.74, 6) is 0.369. The number of aromatic nitrogens is 1. The van der Waals surface area contributed by atoms with Crippen LogP contribution in [-0.2, 0) is 22.1 Å². The third-order valence-electron chi connectivity index (χ3n) is 6.33. The summed E-state index contributed by atoms with van der Waals surface area (Å²) in [5.41, 5.74) is 3.79. The molecule has 0 aliphatic heterocycles. The Hall–Kier alpha value is -3.19. The first-order chi connectivity index (χ1) is 16.5. The van der Waals surface area contributed by atoms with E-state index in [1.807, 2.05) is 66.7 Å². The highest BCUT2D eigenvalue weighted by molar-refractivity contribution is 7.90. The minimum atomic E-state index is -3.25. The molecule has 34 heavy (non-hydrogen) atoms. The Morgan fingerprint density at radius 2 is 1.65 bits per heavy atom. The van der Waals surface area contributed by atoms with Crippen molar-refractivity contribution in [2.75, 3.05) is 5.75 Å². The Bertz CT molecular complexity index is 1180. The summed E-state index contributed by atoms with van der Waals surface area (Å²) in [5, 5.41) is 5.87. The molecule has 0 spiro atoms. The van der Waals surface area contributed by atoms with Crippen LogP contribution in [0.4, 0.5) is 4.79 Å². The molecular weight excluding hydrogens is 446 g/mol. The number of urea groups is 1. The Balaban J connectivity index is 1.26. The Morgan fingerprint density at radius 1 is 0.912 bits per heavy atom. The summed E-state index contributed by atoms with van der Waals surface area (Å²) in [7, 11) is -3.25. The zero-order valence-electron chi connectivity index (χ0n) is 19.2. The fourth-order valence-electron chi connectivity index (χ4n) is 4.60. The second kappa shape index (κ2) is 11.3. The molecule has 6 nitrogen and oxygen atoms in total. The number of nitrogens with one attached hydrogen (secondary N) is 2. The van der Waals surface area contributed by atoms with Gasteiger partial charge in [-0.1, -0.05) is 60.7 Å². The van der Waals surface area contributed by atoms with E-state index in [9.17, 15) is 13.2 Å². The normalized spacial score (nSPS) is 18.2. The molecular formula is C27H31N3O3S. The zero-order chi connectivity index (χ0) is 23.8. The van der Waals surface area contributed by atoms with Crippen molar-refractivity contribution >= 4 is 15.9 Å². The topological polar surface area (TPSA) is 88.2 Å². The van der Waals surface area contributed by atoms with Gasteiger partial charge in [0, 0.05) is 25.0 Å². The number of sulfone groups is 1. The van der Waals surface area contributed by atoms with Crippen molar-refractivity contribution < 1.29 is 13.2 Å². The van der Waals surface area contributed by atoms with Crippen LogP contribution < -0.4 is 10.6 Å². The second-order valence-electron chi connectivity index (χ2n) is 8.98. The van der Waals surface area contributed by atoms with Gasteiger partial charge in [0.15, 0.2) is 9.84 Å². The maximum absolute atomic E-state index is 13.0. The largest absolute Gasteiger partial charge is 0.335 e. The molecule has 4 rings (SSSR count). The van der Waals surface area contributed by atoms with E-state index in [1.54, 1.807) is 12.4 Å². The second-order valence-corrected chi connectivity index (χ2v) is 11.1. The average Bonchev–Trinajstić information content (AvgIpc) is 2.85. The predicted molar refractivity (Wildman–Crippen MR) is 135 cm³/mol. The van der Waals surface area contributed by atoms with Gasteiger partial charge in [-0.15, -0.1) is 0 Å². The van der Waals surface area contributed by atoms with E-state index >= 15 is 0 Å². The Morgan fingerprint density at radius 3 is 2.38 bits per heavy atom. The van der Waals surface area contributed by atoms with Crippen LogP contribution in [0.5, 0.6) is 0 Å². The molecule has 1 aliphatic carbocycles. The van der Waals surface area contributed by atoms with E-state index in [-0.39, 0.29) is 29.5 Å². The first-order valence-corrected chi connectivity index (χ1v) is 13.6. The fraction of sp³-hybridized carbons (Fsp3) is 0.333. The molecule has 0 saturated heterocycles. The van der Waals surface area contributed by atoms with Gasteiger partial charge in [-0.3, -0.25) is 4.98 Å². The van der Waals surface area contributed by atoms with Crippen molar-refractivity contribution in [2.24, 2.45) is 5.92 Å². The van der Waals surface area contributed by atoms with Crippen molar-refractivity contribution in [3.63, 3.8) is 0 Å². The van der Waals surface area contributed by atoms with Crippen molar-refractivity contribution in [3.05, 3.63) is 90.3 Å². The number of amides is 2. The van der Waals surface area contributed by atoms with Crippen molar-refractivity contribution in [1.82, 2.24) is 15.6 Å². The minimum absolute atomic E-state index is 0.0486. The maximum Gasteiger partial charge on any atom is 0.315 e. The van der Waals surface area contributed by atoms with Gasteiger partial charge in [-0.2, -0.15) is 0 Å². The van der Waals surface area contributed by atoms with E-state index in [1.165, 1.54) is 0 Å². The number of rotatable bonds is 8. The van der Waals surface area contributed by atoms with Crippen molar-refractivity contribution in [2.45, 2.75) is 44.0 Å². The van der Waals surface area contributed by atoms with Crippen LogP contribution in [0.15, 0.2) is 79.1 Å². The van der Waals surface area contributed by atoms with E-state index in [0.717, 1.165) is 47.9 Å². The van der Waals surface area contributed by atoms with Gasteiger partial charge in [-0.25, -0.2) is 13.2 Å². The van der Waals surface area contributed by atoms with Gasteiger partial charge in [0.05, 0.1) is 11.5 Å². The van der Waals surface area contributed by atoms with E-state index in [0.29, 0.717) is 6.54 Å². The lowest BCUT2D eigenvalue weighted by Gasteiger charge is -2.29. The molecule has 2 amide bonds. The molecule has 178 valence electrons. The lowest BCUT2D eigenvalue weighted by atomic mass is 9.87. The van der Waals surface area contributed by atoms with Crippen LogP contribution in [0.25, 0.3) is 11.1 Å². The number of pyridine rings is 1. The summed E-state index contributed by atoms with van der Waals surface area (Å²) in [6.07, 6.45) is 6.61. The number of hydrogen-bond donors (Lipinski definition) is 2. The summed E-state index contributed by atoms with van der Waals surface area (Å²) >= 11 is 0. The fourth-order valence-corrected chi connectivity index (χ4v) is 6.49. The van der Waals surface area contributed by atoms with Crippen LogP contribution in [0.3, 0.4) is 0 Å². The van der Waals surface area contributed by atoms with E-state index in [4.69, 9.17) is 0 Å². The number of carbonyl (C=O) groups is 1. The maximum atomic E-state index is 13.0. The molecule has 0 bridgehead atoms. The quantitative estimate of drug-likeness (QED) is 0.491. The van der Waals surface area contributed by atoms with Gasteiger partial charge >= 0.3 is 6.03 Å². The first-order valence-electron chi connectivity index (χ1n) is 11.8. The molecule has 1 saturated carbocycles. The lowest BCUT2D eigenvalue weighted by molar-refractivity contribution is 0.228. The van der Waals surface area contributed by atoms with Crippen LogP contribution in [-0.4, -0.2) is 31.2 Å². The van der Waals surface area contributed by atoms with E-state index < -0.39 is 9.84 Å². The van der Waals surface area contributed by atoms with Gasteiger partial charge in [-0.05, 0) is 59.9 Å². The summed E-state index contributed by atoms with van der Waals surface area (Å²) in [6, 6.07) is 21.3. The van der Waals surface area contributed by atoms with E-state index in [2.05, 4.69) is 15.6 Å². The van der Waals surface area contributed by atoms with Gasteiger partial charge in [0.2, 0.25) is 0 Å². The number of hydrogen-bond acceptors (Lipinski definition) is 4. The smallest absolute Gasteiger partial charge is 0.315 e. The molecule has 1 aliphatic rings. The molecule has 1 fully saturated rings. The Kier molecular flexibility index (Phi) is 7.95. The van der Waals surface area contributed by atoms with Crippen LogP contribution in [0.2, 0.25) is 0 Å². The molecule has 1 heterocycles. The summed E-state index contributed by atoms with van der Waals surface area (Å²) < 4.78 is 26.1. The van der Waals surface area contributed by atoms with Crippen LogP contribution in [0, 0.1) is 5.92 Å². The zero-order valence-corrected chi connectivity index (χ0v) is 20.0. The minimum Gasteiger partial charge on any atom is -0.335 e. The third-order valence-corrected chi connectivity index (χ3v) is 8.06. The molecule has 2 aromatic carbocycles. The summed E-state index contributed by atoms with van der Waals surface area (Å²) in [6.45, 7) is 0.428. The summed E-state index contributed by atoms with van der Waals surface area (Å²) in [4.78, 5) is 16.2. The molecule has 0 atom stereocenters. The van der Waals surface area contributed by atoms with Crippen LogP contribution >= 0.6 is 0 Å². The lowest BCUT2D eigenvalue weighted by Crippen LogP contribution is -2.43.